The van der Waals surface area contributed by atoms with Gasteiger partial charge in [-0.2, -0.15) is 5.26 Å². The van der Waals surface area contributed by atoms with Gasteiger partial charge in [-0.15, -0.1) is 0 Å². The summed E-state index contributed by atoms with van der Waals surface area (Å²) >= 11 is 13.2. The Morgan fingerprint density at radius 2 is 1.59 bits per heavy atom. The summed E-state index contributed by atoms with van der Waals surface area (Å²) in [6.07, 6.45) is 0. The first kappa shape index (κ1) is 12.3. The molecule has 0 unspecified atom stereocenters. The normalized spacial score (nSPS) is 9.94. The molecule has 0 N–H and O–H groups in total. The quantitative estimate of drug-likeness (QED) is 0.771. The molecule has 0 radical (unpaired) electrons. The van der Waals surface area contributed by atoms with E-state index in [1.165, 1.54) is 11.8 Å². The topological polar surface area (TPSA) is 23.8 Å². The van der Waals surface area contributed by atoms with E-state index < -0.39 is 0 Å². The van der Waals surface area contributed by atoms with Gasteiger partial charge in [0.15, 0.2) is 0 Å². The van der Waals surface area contributed by atoms with E-state index in [0.29, 0.717) is 15.6 Å². The van der Waals surface area contributed by atoms with Gasteiger partial charge in [0.2, 0.25) is 0 Å². The van der Waals surface area contributed by atoms with E-state index in [2.05, 4.69) is 6.07 Å². The molecule has 17 heavy (non-hydrogen) atoms. The molecular formula is C13H7Cl2NS. The van der Waals surface area contributed by atoms with E-state index in [1.54, 1.807) is 18.2 Å². The summed E-state index contributed by atoms with van der Waals surface area (Å²) in [7, 11) is 0. The lowest BCUT2D eigenvalue weighted by Crippen LogP contribution is -1.81. The lowest BCUT2D eigenvalue weighted by Gasteiger charge is -2.04. The summed E-state index contributed by atoms with van der Waals surface area (Å²) in [5.41, 5.74) is 0.620. The Labute approximate surface area is 114 Å². The monoisotopic (exact) mass is 279 g/mol. The van der Waals surface area contributed by atoms with Crippen LogP contribution < -0.4 is 0 Å². The van der Waals surface area contributed by atoms with E-state index in [-0.39, 0.29) is 0 Å². The number of nitrogens with zero attached hydrogens (tertiary/aromatic N) is 1. The fourth-order valence-corrected chi connectivity index (χ4v) is 2.60. The highest BCUT2D eigenvalue weighted by atomic mass is 35.5. The molecule has 0 spiro atoms. The van der Waals surface area contributed by atoms with Crippen LogP contribution in [0, 0.1) is 11.3 Å². The minimum atomic E-state index is 0.620. The van der Waals surface area contributed by atoms with Gasteiger partial charge in [-0.25, -0.2) is 0 Å². The molecule has 0 aromatic heterocycles. The molecule has 0 amide bonds. The first-order valence-corrected chi connectivity index (χ1v) is 6.39. The molecule has 0 aliphatic carbocycles. The van der Waals surface area contributed by atoms with Crippen LogP contribution in [0.25, 0.3) is 0 Å². The van der Waals surface area contributed by atoms with Crippen LogP contribution in [-0.4, -0.2) is 0 Å². The van der Waals surface area contributed by atoms with Crippen molar-refractivity contribution < 1.29 is 0 Å². The third-order valence-electron chi connectivity index (χ3n) is 2.11. The van der Waals surface area contributed by atoms with Crippen LogP contribution in [-0.2, 0) is 0 Å². The third-order valence-corrected chi connectivity index (χ3v) is 3.66. The Kier molecular flexibility index (Phi) is 3.96. The second kappa shape index (κ2) is 5.46. The van der Waals surface area contributed by atoms with Crippen molar-refractivity contribution in [3.05, 3.63) is 58.1 Å². The van der Waals surface area contributed by atoms with Gasteiger partial charge in [-0.3, -0.25) is 0 Å². The zero-order chi connectivity index (χ0) is 12.3. The molecule has 4 heteroatoms. The van der Waals surface area contributed by atoms with Crippen molar-refractivity contribution >= 4 is 35.0 Å². The molecule has 0 saturated carbocycles. The third kappa shape index (κ3) is 3.17. The molecule has 0 atom stereocenters. The van der Waals surface area contributed by atoms with Crippen molar-refractivity contribution in [2.45, 2.75) is 9.79 Å². The van der Waals surface area contributed by atoms with Gasteiger partial charge in [0.25, 0.3) is 0 Å². The largest absolute Gasteiger partial charge is 0.192 e. The lowest BCUT2D eigenvalue weighted by molar-refractivity contribution is 1.35. The first-order chi connectivity index (χ1) is 8.19. The maximum atomic E-state index is 9.00. The van der Waals surface area contributed by atoms with Crippen molar-refractivity contribution in [1.29, 1.82) is 5.26 Å². The number of benzene rings is 2. The first-order valence-electron chi connectivity index (χ1n) is 4.82. The SMILES string of the molecule is N#Cc1ccc(Cl)cc1Sc1ccc(Cl)cc1. The van der Waals surface area contributed by atoms with Crippen molar-refractivity contribution in [3.8, 4) is 6.07 Å². The van der Waals surface area contributed by atoms with Crippen molar-refractivity contribution in [2.24, 2.45) is 0 Å². The highest BCUT2D eigenvalue weighted by Gasteiger charge is 2.05. The highest BCUT2D eigenvalue weighted by Crippen LogP contribution is 2.32. The summed E-state index contributed by atoms with van der Waals surface area (Å²) in [6, 6.07) is 14.8. The fraction of sp³-hybridized carbons (Fsp3) is 0. The van der Waals surface area contributed by atoms with Gasteiger partial charge < -0.3 is 0 Å². The Bertz CT molecular complexity index is 573. The van der Waals surface area contributed by atoms with Crippen molar-refractivity contribution in [1.82, 2.24) is 0 Å². The van der Waals surface area contributed by atoms with E-state index in [1.807, 2.05) is 24.3 Å². The van der Waals surface area contributed by atoms with E-state index in [9.17, 15) is 0 Å². The Hall–Kier alpha value is -1.14. The summed E-state index contributed by atoms with van der Waals surface area (Å²) in [5.74, 6) is 0. The van der Waals surface area contributed by atoms with Gasteiger partial charge in [0, 0.05) is 19.8 Å². The average Bonchev–Trinajstić information content (AvgIpc) is 2.32. The second-order valence-electron chi connectivity index (χ2n) is 3.31. The summed E-state index contributed by atoms with van der Waals surface area (Å²) < 4.78 is 0. The number of rotatable bonds is 2. The summed E-state index contributed by atoms with van der Waals surface area (Å²) in [5, 5.41) is 10.3. The van der Waals surface area contributed by atoms with Crippen LogP contribution >= 0.6 is 35.0 Å². The molecule has 0 heterocycles. The van der Waals surface area contributed by atoms with E-state index in [0.717, 1.165) is 9.79 Å². The average molecular weight is 280 g/mol. The second-order valence-corrected chi connectivity index (χ2v) is 5.30. The predicted octanol–water partition coefficient (Wildman–Crippen LogP) is 5.02. The molecule has 0 aliphatic rings. The molecule has 84 valence electrons. The van der Waals surface area contributed by atoms with Crippen LogP contribution in [0.3, 0.4) is 0 Å². The van der Waals surface area contributed by atoms with Gasteiger partial charge in [-0.05, 0) is 42.5 Å². The van der Waals surface area contributed by atoms with Crippen LogP contribution in [0.2, 0.25) is 10.0 Å². The number of halogens is 2. The van der Waals surface area contributed by atoms with Gasteiger partial charge in [0.1, 0.15) is 6.07 Å². The number of hydrogen-bond acceptors (Lipinski definition) is 2. The Morgan fingerprint density at radius 3 is 2.24 bits per heavy atom. The standard InChI is InChI=1S/C13H7Cl2NS/c14-10-3-5-12(6-4-10)17-13-7-11(15)2-1-9(13)8-16/h1-7H. The smallest absolute Gasteiger partial charge is 0.100 e. The minimum Gasteiger partial charge on any atom is -0.192 e. The molecule has 0 saturated heterocycles. The molecule has 2 aromatic carbocycles. The van der Waals surface area contributed by atoms with Crippen LogP contribution in [0.4, 0.5) is 0 Å². The van der Waals surface area contributed by atoms with E-state index >= 15 is 0 Å². The summed E-state index contributed by atoms with van der Waals surface area (Å²) in [4.78, 5) is 1.87. The number of hydrogen-bond donors (Lipinski definition) is 0. The van der Waals surface area contributed by atoms with Crippen LogP contribution in [0.5, 0.6) is 0 Å². The van der Waals surface area contributed by atoms with E-state index in [4.69, 9.17) is 28.5 Å². The Morgan fingerprint density at radius 1 is 0.941 bits per heavy atom. The zero-order valence-electron chi connectivity index (χ0n) is 8.65. The lowest BCUT2D eigenvalue weighted by atomic mass is 10.2. The van der Waals surface area contributed by atoms with Crippen LogP contribution in [0.1, 0.15) is 5.56 Å². The molecule has 2 rings (SSSR count). The number of nitriles is 1. The molecular weight excluding hydrogens is 273 g/mol. The fourth-order valence-electron chi connectivity index (χ4n) is 1.30. The van der Waals surface area contributed by atoms with Crippen LogP contribution in [0.15, 0.2) is 52.3 Å². The van der Waals surface area contributed by atoms with Gasteiger partial charge >= 0.3 is 0 Å². The molecule has 0 fully saturated rings. The summed E-state index contributed by atoms with van der Waals surface area (Å²) in [6.45, 7) is 0. The molecule has 1 nitrogen and oxygen atoms in total. The molecule has 2 aromatic rings. The maximum Gasteiger partial charge on any atom is 0.100 e. The predicted molar refractivity (Wildman–Crippen MR) is 71.7 cm³/mol. The Balaban J connectivity index is 2.32. The minimum absolute atomic E-state index is 0.620. The molecule has 0 bridgehead atoms. The van der Waals surface area contributed by atoms with Gasteiger partial charge in [-0.1, -0.05) is 35.0 Å². The van der Waals surface area contributed by atoms with Crippen molar-refractivity contribution in [2.75, 3.05) is 0 Å². The van der Waals surface area contributed by atoms with Crippen molar-refractivity contribution in [3.63, 3.8) is 0 Å². The highest BCUT2D eigenvalue weighted by molar-refractivity contribution is 7.99. The zero-order valence-corrected chi connectivity index (χ0v) is 11.0. The molecule has 0 aliphatic heterocycles. The van der Waals surface area contributed by atoms with Gasteiger partial charge in [0.05, 0.1) is 5.56 Å². The maximum absolute atomic E-state index is 9.00.